The molecular weight excluding hydrogens is 421 g/mol. The lowest BCUT2D eigenvalue weighted by Gasteiger charge is -2.28. The Bertz CT molecular complexity index is 411. The number of nitrogens with zero attached hydrogens (tertiary/aromatic N) is 1. The summed E-state index contributed by atoms with van der Waals surface area (Å²) in [5.74, 6) is 0.666. The van der Waals surface area contributed by atoms with Crippen molar-refractivity contribution in [1.82, 2.24) is 10.6 Å². The minimum absolute atomic E-state index is 0. The van der Waals surface area contributed by atoms with Gasteiger partial charge < -0.3 is 15.7 Å². The Kier molecular flexibility index (Phi) is 8.60. The minimum Gasteiger partial charge on any atom is -0.383 e. The first kappa shape index (κ1) is 18.7. The van der Waals surface area contributed by atoms with Crippen molar-refractivity contribution in [3.05, 3.63) is 34.3 Å². The predicted octanol–water partition coefficient (Wildman–Crippen LogP) is 2.46. The number of nitrogens with one attached hydrogen (secondary N) is 2. The van der Waals surface area contributed by atoms with Gasteiger partial charge >= 0.3 is 0 Å². The fraction of sp³-hybridized carbons (Fsp3) is 0.462. The molecule has 1 unspecified atom stereocenters. The molecule has 0 aliphatic carbocycles. The first-order chi connectivity index (χ1) is 8.55. The molecule has 0 heterocycles. The molecule has 0 fully saturated rings. The molecule has 0 bridgehead atoms. The topological polar surface area (TPSA) is 56.6 Å². The SMILES string of the molecule is CCC(O)(CNC(=NC)NC)c1ccc(Br)cc1.I. The van der Waals surface area contributed by atoms with Crippen molar-refractivity contribution in [2.45, 2.75) is 18.9 Å². The summed E-state index contributed by atoms with van der Waals surface area (Å²) >= 11 is 3.39. The molecule has 0 spiro atoms. The van der Waals surface area contributed by atoms with Crippen LogP contribution in [0, 0.1) is 0 Å². The summed E-state index contributed by atoms with van der Waals surface area (Å²) in [5, 5.41) is 16.7. The first-order valence-electron chi connectivity index (χ1n) is 5.92. The number of hydrogen-bond acceptors (Lipinski definition) is 2. The largest absolute Gasteiger partial charge is 0.383 e. The van der Waals surface area contributed by atoms with E-state index in [-0.39, 0.29) is 24.0 Å². The summed E-state index contributed by atoms with van der Waals surface area (Å²) in [7, 11) is 3.49. The number of guanidine groups is 1. The Labute approximate surface area is 140 Å². The Balaban J connectivity index is 0.00000324. The van der Waals surface area contributed by atoms with Gasteiger partial charge in [-0.2, -0.15) is 0 Å². The van der Waals surface area contributed by atoms with Crippen LogP contribution in [0.2, 0.25) is 0 Å². The zero-order valence-electron chi connectivity index (χ0n) is 11.4. The first-order valence-corrected chi connectivity index (χ1v) is 6.72. The predicted molar refractivity (Wildman–Crippen MR) is 94.2 cm³/mol. The Morgan fingerprint density at radius 3 is 2.37 bits per heavy atom. The van der Waals surface area contributed by atoms with Crippen LogP contribution in [0.1, 0.15) is 18.9 Å². The van der Waals surface area contributed by atoms with Gasteiger partial charge in [0.05, 0.1) is 6.54 Å². The average molecular weight is 442 g/mol. The van der Waals surface area contributed by atoms with Crippen LogP contribution >= 0.6 is 39.9 Å². The highest BCUT2D eigenvalue weighted by molar-refractivity contribution is 14.0. The Morgan fingerprint density at radius 2 is 1.95 bits per heavy atom. The average Bonchev–Trinajstić information content (AvgIpc) is 2.40. The lowest BCUT2D eigenvalue weighted by molar-refractivity contribution is 0.0370. The van der Waals surface area contributed by atoms with Gasteiger partial charge in [0.1, 0.15) is 5.60 Å². The third-order valence-electron chi connectivity index (χ3n) is 2.98. The van der Waals surface area contributed by atoms with Crippen LogP contribution in [0.4, 0.5) is 0 Å². The quantitative estimate of drug-likeness (QED) is 0.382. The fourth-order valence-corrected chi connectivity index (χ4v) is 1.96. The van der Waals surface area contributed by atoms with Crippen molar-refractivity contribution < 1.29 is 5.11 Å². The van der Waals surface area contributed by atoms with Crippen molar-refractivity contribution in [2.75, 3.05) is 20.6 Å². The molecule has 0 saturated carbocycles. The molecule has 4 nitrogen and oxygen atoms in total. The summed E-state index contributed by atoms with van der Waals surface area (Å²) in [6, 6.07) is 7.72. The Morgan fingerprint density at radius 1 is 1.37 bits per heavy atom. The van der Waals surface area contributed by atoms with E-state index in [1.807, 2.05) is 31.2 Å². The van der Waals surface area contributed by atoms with E-state index in [0.717, 1.165) is 10.0 Å². The number of benzene rings is 1. The van der Waals surface area contributed by atoms with E-state index < -0.39 is 5.60 Å². The van der Waals surface area contributed by atoms with E-state index in [2.05, 4.69) is 31.6 Å². The summed E-state index contributed by atoms with van der Waals surface area (Å²) in [5.41, 5.74) is 0.000260. The number of hydrogen-bond donors (Lipinski definition) is 3. The molecule has 6 heteroatoms. The highest BCUT2D eigenvalue weighted by Gasteiger charge is 2.27. The van der Waals surface area contributed by atoms with E-state index in [9.17, 15) is 5.11 Å². The monoisotopic (exact) mass is 441 g/mol. The third kappa shape index (κ3) is 5.27. The maximum Gasteiger partial charge on any atom is 0.190 e. The second-order valence-corrected chi connectivity index (χ2v) is 4.98. The smallest absolute Gasteiger partial charge is 0.190 e. The minimum atomic E-state index is -0.895. The highest BCUT2D eigenvalue weighted by Crippen LogP contribution is 2.25. The molecule has 1 atom stereocenters. The molecule has 3 N–H and O–H groups in total. The van der Waals surface area contributed by atoms with Gasteiger partial charge in [0.25, 0.3) is 0 Å². The molecule has 1 rings (SSSR count). The van der Waals surface area contributed by atoms with E-state index in [1.54, 1.807) is 14.1 Å². The van der Waals surface area contributed by atoms with Gasteiger partial charge in [0.15, 0.2) is 5.96 Å². The summed E-state index contributed by atoms with van der Waals surface area (Å²) in [6.07, 6.45) is 0.627. The number of aliphatic hydroxyl groups is 1. The lowest BCUT2D eigenvalue weighted by Crippen LogP contribution is -2.44. The zero-order valence-corrected chi connectivity index (χ0v) is 15.3. The molecule has 19 heavy (non-hydrogen) atoms. The second kappa shape index (κ2) is 8.76. The molecule has 108 valence electrons. The molecule has 0 radical (unpaired) electrons. The molecule has 0 aliphatic heterocycles. The van der Waals surface area contributed by atoms with Crippen molar-refractivity contribution in [3.63, 3.8) is 0 Å². The van der Waals surface area contributed by atoms with Gasteiger partial charge in [-0.1, -0.05) is 35.0 Å². The maximum atomic E-state index is 10.7. The van der Waals surface area contributed by atoms with Crippen molar-refractivity contribution in [3.8, 4) is 0 Å². The number of rotatable bonds is 4. The van der Waals surface area contributed by atoms with Gasteiger partial charge in [-0.3, -0.25) is 4.99 Å². The molecule has 0 saturated heterocycles. The lowest BCUT2D eigenvalue weighted by atomic mass is 9.91. The normalized spacial score (nSPS) is 14.3. The van der Waals surface area contributed by atoms with E-state index in [0.29, 0.717) is 18.9 Å². The Hall–Kier alpha value is -0.340. The third-order valence-corrected chi connectivity index (χ3v) is 3.50. The van der Waals surface area contributed by atoms with Crippen molar-refractivity contribution in [2.24, 2.45) is 4.99 Å². The van der Waals surface area contributed by atoms with Crippen LogP contribution in [0.3, 0.4) is 0 Å². The molecule has 0 aliphatic rings. The molecule has 0 amide bonds. The van der Waals surface area contributed by atoms with Gasteiger partial charge in [-0.25, -0.2) is 0 Å². The molecule has 0 aromatic heterocycles. The van der Waals surface area contributed by atoms with Crippen molar-refractivity contribution in [1.29, 1.82) is 0 Å². The van der Waals surface area contributed by atoms with Gasteiger partial charge in [-0.15, -0.1) is 24.0 Å². The van der Waals surface area contributed by atoms with E-state index in [1.165, 1.54) is 0 Å². The fourth-order valence-electron chi connectivity index (χ4n) is 1.70. The standard InChI is InChI=1S/C13H20BrN3O.HI/c1-4-13(18,9-17-12(15-2)16-3)10-5-7-11(14)8-6-10;/h5-8,18H,4,9H2,1-3H3,(H2,15,16,17);1H. The number of halogens is 2. The highest BCUT2D eigenvalue weighted by atomic mass is 127. The zero-order chi connectivity index (χ0) is 13.6. The van der Waals surface area contributed by atoms with Crippen LogP contribution in [-0.4, -0.2) is 31.7 Å². The summed E-state index contributed by atoms with van der Waals surface area (Å²) < 4.78 is 1.00. The van der Waals surface area contributed by atoms with Crippen LogP contribution in [0.25, 0.3) is 0 Å². The second-order valence-electron chi connectivity index (χ2n) is 4.07. The van der Waals surface area contributed by atoms with Crippen LogP contribution < -0.4 is 10.6 Å². The van der Waals surface area contributed by atoms with Crippen LogP contribution in [0.15, 0.2) is 33.7 Å². The molecule has 1 aromatic carbocycles. The molecule has 1 aromatic rings. The van der Waals surface area contributed by atoms with Gasteiger partial charge in [0, 0.05) is 18.6 Å². The van der Waals surface area contributed by atoms with Gasteiger partial charge in [0.2, 0.25) is 0 Å². The van der Waals surface area contributed by atoms with Gasteiger partial charge in [-0.05, 0) is 24.1 Å². The van der Waals surface area contributed by atoms with Crippen LogP contribution in [-0.2, 0) is 5.60 Å². The van der Waals surface area contributed by atoms with E-state index >= 15 is 0 Å². The maximum absolute atomic E-state index is 10.7. The number of aliphatic imine (C=N–C) groups is 1. The summed E-state index contributed by atoms with van der Waals surface area (Å²) in [6.45, 7) is 2.38. The van der Waals surface area contributed by atoms with Crippen LogP contribution in [0.5, 0.6) is 0 Å². The summed E-state index contributed by atoms with van der Waals surface area (Å²) in [4.78, 5) is 4.03. The van der Waals surface area contributed by atoms with E-state index in [4.69, 9.17) is 0 Å². The molecular formula is C13H21BrIN3O. The van der Waals surface area contributed by atoms with Crippen molar-refractivity contribution >= 4 is 45.9 Å².